The van der Waals surface area contributed by atoms with Crippen molar-refractivity contribution >= 4 is 0 Å². The first-order chi connectivity index (χ1) is 9.81. The third kappa shape index (κ3) is 6.00. The van der Waals surface area contributed by atoms with Crippen LogP contribution in [0.3, 0.4) is 0 Å². The summed E-state index contributed by atoms with van der Waals surface area (Å²) in [5.41, 5.74) is 1.19. The summed E-state index contributed by atoms with van der Waals surface area (Å²) in [5, 5.41) is 3.43. The second kappa shape index (κ2) is 10.2. The van der Waals surface area contributed by atoms with E-state index >= 15 is 0 Å². The largest absolute Gasteiger partial charge is 0.376 e. The Hall–Kier alpha value is -1.64. The monoisotopic (exact) mass is 271 g/mol. The lowest BCUT2D eigenvalue weighted by Gasteiger charge is -2.24. The van der Waals surface area contributed by atoms with Crippen molar-refractivity contribution in [2.24, 2.45) is 5.92 Å². The molecule has 2 atom stereocenters. The van der Waals surface area contributed by atoms with Gasteiger partial charge < -0.3 is 10.1 Å². The predicted octanol–water partition coefficient (Wildman–Crippen LogP) is 3.73. The van der Waals surface area contributed by atoms with Crippen LogP contribution >= 0.6 is 0 Å². The first-order valence-corrected chi connectivity index (χ1v) is 7.01. The minimum atomic E-state index is 0.261. The lowest BCUT2D eigenvalue weighted by Crippen LogP contribution is -2.37. The molecule has 0 spiro atoms. The van der Waals surface area contributed by atoms with Crippen molar-refractivity contribution in [2.45, 2.75) is 19.1 Å². The first-order valence-electron chi connectivity index (χ1n) is 7.01. The summed E-state index contributed by atoms with van der Waals surface area (Å²) < 4.78 is 5.81. The molecule has 0 heterocycles. The van der Waals surface area contributed by atoms with Gasteiger partial charge in [0.25, 0.3) is 0 Å². The maximum Gasteiger partial charge on any atom is 0.0717 e. The van der Waals surface area contributed by atoms with Crippen LogP contribution in [0.2, 0.25) is 0 Å². The summed E-state index contributed by atoms with van der Waals surface area (Å²) in [6.07, 6.45) is 6.63. The minimum Gasteiger partial charge on any atom is -0.376 e. The van der Waals surface area contributed by atoms with Crippen molar-refractivity contribution < 1.29 is 4.74 Å². The molecule has 0 fully saturated rings. The van der Waals surface area contributed by atoms with Crippen molar-refractivity contribution in [3.05, 3.63) is 73.9 Å². The Balaban J connectivity index is 2.44. The molecule has 0 saturated carbocycles. The van der Waals surface area contributed by atoms with Gasteiger partial charge in [-0.25, -0.2) is 0 Å². The quantitative estimate of drug-likeness (QED) is 0.619. The molecule has 1 N–H and O–H groups in total. The fourth-order valence-corrected chi connectivity index (χ4v) is 2.06. The van der Waals surface area contributed by atoms with Gasteiger partial charge in [0.2, 0.25) is 0 Å². The van der Waals surface area contributed by atoms with Crippen LogP contribution in [0.15, 0.2) is 68.3 Å². The van der Waals surface area contributed by atoms with Crippen LogP contribution in [-0.4, -0.2) is 19.2 Å². The summed E-state index contributed by atoms with van der Waals surface area (Å²) in [4.78, 5) is 0. The van der Waals surface area contributed by atoms with E-state index in [1.165, 1.54) is 5.56 Å². The van der Waals surface area contributed by atoms with E-state index < -0.39 is 0 Å². The molecule has 2 heteroatoms. The highest BCUT2D eigenvalue weighted by Crippen LogP contribution is 2.12. The molecule has 108 valence electrons. The molecule has 0 aliphatic rings. The van der Waals surface area contributed by atoms with E-state index in [1.54, 1.807) is 0 Å². The predicted molar refractivity (Wildman–Crippen MR) is 86.6 cm³/mol. The second-order valence-electron chi connectivity index (χ2n) is 4.73. The van der Waals surface area contributed by atoms with Crippen LogP contribution in [0.4, 0.5) is 0 Å². The van der Waals surface area contributed by atoms with Crippen molar-refractivity contribution in [3.63, 3.8) is 0 Å². The SMILES string of the molecule is C=CCN[C@H](CC=C)[C@H](C=C)COCc1ccccc1. The number of nitrogens with one attached hydrogen (secondary N) is 1. The summed E-state index contributed by atoms with van der Waals surface area (Å²) in [6.45, 7) is 13.5. The molecule has 0 unspecified atom stereocenters. The van der Waals surface area contributed by atoms with Gasteiger partial charge in [0.15, 0.2) is 0 Å². The number of rotatable bonds is 11. The van der Waals surface area contributed by atoms with Crippen LogP contribution in [0, 0.1) is 5.92 Å². The van der Waals surface area contributed by atoms with Crippen LogP contribution in [-0.2, 0) is 11.3 Å². The standard InChI is InChI=1S/C18H25NO/c1-4-10-18(19-13-5-2)17(6-3)15-20-14-16-11-8-7-9-12-16/h4-9,11-12,17-19H,1-3,10,13-15H2/t17-,18-/m1/s1. The molecule has 0 aromatic heterocycles. The van der Waals surface area contributed by atoms with Crippen molar-refractivity contribution in [3.8, 4) is 0 Å². The van der Waals surface area contributed by atoms with E-state index in [2.05, 4.69) is 37.2 Å². The molecule has 2 nitrogen and oxygen atoms in total. The van der Waals surface area contributed by atoms with Gasteiger partial charge in [-0.2, -0.15) is 0 Å². The number of hydrogen-bond acceptors (Lipinski definition) is 2. The summed E-state index contributed by atoms with van der Waals surface area (Å²) in [6, 6.07) is 10.5. The smallest absolute Gasteiger partial charge is 0.0717 e. The molecule has 20 heavy (non-hydrogen) atoms. The average Bonchev–Trinajstić information content (AvgIpc) is 2.49. The molecule has 0 aliphatic heterocycles. The summed E-state index contributed by atoms with van der Waals surface area (Å²) in [7, 11) is 0. The number of hydrogen-bond donors (Lipinski definition) is 1. The average molecular weight is 271 g/mol. The van der Waals surface area contributed by atoms with Gasteiger partial charge in [-0.1, -0.05) is 48.6 Å². The van der Waals surface area contributed by atoms with E-state index in [4.69, 9.17) is 4.74 Å². The van der Waals surface area contributed by atoms with Gasteiger partial charge in [0.05, 0.1) is 13.2 Å². The van der Waals surface area contributed by atoms with Gasteiger partial charge in [-0.3, -0.25) is 0 Å². The Morgan fingerprint density at radius 3 is 2.45 bits per heavy atom. The van der Waals surface area contributed by atoms with E-state index in [0.717, 1.165) is 13.0 Å². The molecule has 1 aromatic rings. The minimum absolute atomic E-state index is 0.261. The molecule has 0 aliphatic carbocycles. The lowest BCUT2D eigenvalue weighted by atomic mass is 9.97. The Bertz CT molecular complexity index is 399. The van der Waals surface area contributed by atoms with Gasteiger partial charge in [-0.15, -0.1) is 19.7 Å². The number of benzene rings is 1. The first kappa shape index (κ1) is 16.4. The topological polar surface area (TPSA) is 21.3 Å². The van der Waals surface area contributed by atoms with Gasteiger partial charge >= 0.3 is 0 Å². The summed E-state index contributed by atoms with van der Waals surface area (Å²) >= 11 is 0. The van der Waals surface area contributed by atoms with Crippen LogP contribution in [0.5, 0.6) is 0 Å². The Labute approximate surface area is 122 Å². The summed E-state index contributed by atoms with van der Waals surface area (Å²) in [5.74, 6) is 0.261. The van der Waals surface area contributed by atoms with Gasteiger partial charge in [-0.05, 0) is 12.0 Å². The molecule has 0 amide bonds. The maximum absolute atomic E-state index is 5.81. The maximum atomic E-state index is 5.81. The highest BCUT2D eigenvalue weighted by molar-refractivity contribution is 5.13. The molecule has 0 saturated heterocycles. The fraction of sp³-hybridized carbons (Fsp3) is 0.333. The molecule has 0 radical (unpaired) electrons. The van der Waals surface area contributed by atoms with E-state index in [9.17, 15) is 0 Å². The van der Waals surface area contributed by atoms with Crippen molar-refractivity contribution in [2.75, 3.05) is 13.2 Å². The van der Waals surface area contributed by atoms with Crippen molar-refractivity contribution in [1.29, 1.82) is 0 Å². The van der Waals surface area contributed by atoms with E-state index in [0.29, 0.717) is 19.3 Å². The van der Waals surface area contributed by atoms with Crippen molar-refractivity contribution in [1.82, 2.24) is 5.32 Å². The third-order valence-electron chi connectivity index (χ3n) is 3.19. The number of ether oxygens (including phenoxy) is 1. The lowest BCUT2D eigenvalue weighted by molar-refractivity contribution is 0.0889. The fourth-order valence-electron chi connectivity index (χ4n) is 2.06. The van der Waals surface area contributed by atoms with E-state index in [-0.39, 0.29) is 5.92 Å². The molecular weight excluding hydrogens is 246 g/mol. The second-order valence-corrected chi connectivity index (χ2v) is 4.73. The highest BCUT2D eigenvalue weighted by atomic mass is 16.5. The van der Waals surface area contributed by atoms with Crippen LogP contribution in [0.1, 0.15) is 12.0 Å². The van der Waals surface area contributed by atoms with Crippen LogP contribution < -0.4 is 5.32 Å². The van der Waals surface area contributed by atoms with Gasteiger partial charge in [0, 0.05) is 18.5 Å². The zero-order chi connectivity index (χ0) is 14.6. The third-order valence-corrected chi connectivity index (χ3v) is 3.19. The highest BCUT2D eigenvalue weighted by Gasteiger charge is 2.16. The van der Waals surface area contributed by atoms with Crippen LogP contribution in [0.25, 0.3) is 0 Å². The Morgan fingerprint density at radius 2 is 1.85 bits per heavy atom. The normalized spacial score (nSPS) is 13.4. The zero-order valence-corrected chi connectivity index (χ0v) is 12.1. The Kier molecular flexibility index (Phi) is 8.36. The zero-order valence-electron chi connectivity index (χ0n) is 12.1. The van der Waals surface area contributed by atoms with Gasteiger partial charge in [0.1, 0.15) is 0 Å². The van der Waals surface area contributed by atoms with E-state index in [1.807, 2.05) is 36.4 Å². The Morgan fingerprint density at radius 1 is 1.10 bits per heavy atom. The molecule has 1 rings (SSSR count). The molecule has 1 aromatic carbocycles. The molecular formula is C18H25NO. The molecule has 0 bridgehead atoms.